The van der Waals surface area contributed by atoms with Crippen LogP contribution in [0, 0.1) is 6.92 Å². The Balaban J connectivity index is 2.36. The molecule has 0 bridgehead atoms. The Hall–Kier alpha value is -1.07. The minimum Gasteiger partial charge on any atom is -0.382 e. The summed E-state index contributed by atoms with van der Waals surface area (Å²) in [5.74, 6) is 0.920. The van der Waals surface area contributed by atoms with Crippen molar-refractivity contribution in [3.05, 3.63) is 11.9 Å². The molecule has 0 saturated heterocycles. The first-order chi connectivity index (χ1) is 8.77. The van der Waals surface area contributed by atoms with Crippen molar-refractivity contribution in [3.8, 4) is 0 Å². The molecule has 104 valence electrons. The average molecular weight is 255 g/mol. The van der Waals surface area contributed by atoms with Gasteiger partial charge in [0, 0.05) is 39.1 Å². The maximum absolute atomic E-state index is 5.34. The zero-order valence-electron chi connectivity index (χ0n) is 11.7. The van der Waals surface area contributed by atoms with Crippen LogP contribution in [0.2, 0.25) is 0 Å². The molecule has 0 radical (unpaired) electrons. The van der Waals surface area contributed by atoms with Gasteiger partial charge < -0.3 is 19.4 Å². The Labute approximate surface area is 109 Å². The fraction of sp³-hybridized carbons (Fsp3) is 0.769. The van der Waals surface area contributed by atoms with Gasteiger partial charge >= 0.3 is 0 Å². The van der Waals surface area contributed by atoms with E-state index in [-0.39, 0.29) is 0 Å². The van der Waals surface area contributed by atoms with Gasteiger partial charge in [-0.15, -0.1) is 0 Å². The van der Waals surface area contributed by atoms with E-state index in [1.807, 2.05) is 20.8 Å². The lowest BCUT2D eigenvalue weighted by Gasteiger charge is -2.09. The maximum Gasteiger partial charge on any atom is 0.203 e. The number of ether oxygens (including phenoxy) is 2. The van der Waals surface area contributed by atoms with E-state index in [9.17, 15) is 0 Å². The molecule has 0 atom stereocenters. The van der Waals surface area contributed by atoms with Crippen molar-refractivity contribution in [1.82, 2.24) is 9.55 Å². The number of rotatable bonds is 10. The SMILES string of the molecule is CCOCCCn1cc(C)nc1NCCOCC. The first-order valence-electron chi connectivity index (χ1n) is 6.71. The third kappa shape index (κ3) is 5.51. The maximum atomic E-state index is 5.34. The molecule has 1 N–H and O–H groups in total. The van der Waals surface area contributed by atoms with Gasteiger partial charge in [-0.3, -0.25) is 0 Å². The van der Waals surface area contributed by atoms with Crippen molar-refractivity contribution >= 4 is 5.95 Å². The molecule has 18 heavy (non-hydrogen) atoms. The Morgan fingerprint density at radius 2 is 1.94 bits per heavy atom. The standard InChI is InChI=1S/C13H25N3O2/c1-4-17-9-6-8-16-11-12(3)15-13(16)14-7-10-18-5-2/h11H,4-10H2,1-3H3,(H,14,15). The molecule has 0 aliphatic rings. The third-order valence-electron chi connectivity index (χ3n) is 2.52. The van der Waals surface area contributed by atoms with Crippen molar-refractivity contribution in [3.63, 3.8) is 0 Å². The van der Waals surface area contributed by atoms with Crippen LogP contribution in [-0.2, 0) is 16.0 Å². The molecule has 0 spiro atoms. The summed E-state index contributed by atoms with van der Waals surface area (Å²) >= 11 is 0. The number of aryl methyl sites for hydroxylation is 2. The van der Waals surface area contributed by atoms with E-state index >= 15 is 0 Å². The number of anilines is 1. The average Bonchev–Trinajstić information content (AvgIpc) is 2.71. The lowest BCUT2D eigenvalue weighted by atomic mass is 10.4. The summed E-state index contributed by atoms with van der Waals surface area (Å²) in [5.41, 5.74) is 1.03. The summed E-state index contributed by atoms with van der Waals surface area (Å²) in [6.45, 7) is 10.8. The molecule has 5 heteroatoms. The normalized spacial score (nSPS) is 10.8. The number of aromatic nitrogens is 2. The van der Waals surface area contributed by atoms with E-state index in [2.05, 4.69) is 21.1 Å². The lowest BCUT2D eigenvalue weighted by molar-refractivity contribution is 0.141. The predicted molar refractivity (Wildman–Crippen MR) is 73.1 cm³/mol. The summed E-state index contributed by atoms with van der Waals surface area (Å²) in [4.78, 5) is 4.46. The molecule has 0 saturated carbocycles. The van der Waals surface area contributed by atoms with Gasteiger partial charge in [-0.1, -0.05) is 0 Å². The molecule has 0 fully saturated rings. The molecule has 1 aromatic rings. The summed E-state index contributed by atoms with van der Waals surface area (Å²) in [7, 11) is 0. The van der Waals surface area contributed by atoms with Crippen LogP contribution in [0.1, 0.15) is 26.0 Å². The minimum absolute atomic E-state index is 0.710. The number of nitrogens with zero attached hydrogens (tertiary/aromatic N) is 2. The van der Waals surface area contributed by atoms with E-state index in [1.165, 1.54) is 0 Å². The Kier molecular flexibility index (Phi) is 7.44. The van der Waals surface area contributed by atoms with E-state index in [0.717, 1.165) is 51.0 Å². The molecular formula is C13H25N3O2. The first kappa shape index (κ1) is 15.0. The molecule has 1 aromatic heterocycles. The van der Waals surface area contributed by atoms with Crippen LogP contribution in [0.3, 0.4) is 0 Å². The lowest BCUT2D eigenvalue weighted by Crippen LogP contribution is -2.13. The number of hydrogen-bond donors (Lipinski definition) is 1. The van der Waals surface area contributed by atoms with Gasteiger partial charge in [0.2, 0.25) is 5.95 Å². The molecule has 0 unspecified atom stereocenters. The second-order valence-electron chi connectivity index (χ2n) is 4.07. The highest BCUT2D eigenvalue weighted by atomic mass is 16.5. The zero-order chi connectivity index (χ0) is 13.2. The quantitative estimate of drug-likeness (QED) is 0.650. The summed E-state index contributed by atoms with van der Waals surface area (Å²) in [5, 5.41) is 3.30. The fourth-order valence-corrected chi connectivity index (χ4v) is 1.72. The van der Waals surface area contributed by atoms with Gasteiger partial charge in [-0.25, -0.2) is 4.98 Å². The monoisotopic (exact) mass is 255 g/mol. The molecule has 0 aromatic carbocycles. The molecule has 0 aliphatic carbocycles. The molecule has 1 heterocycles. The smallest absolute Gasteiger partial charge is 0.203 e. The fourth-order valence-electron chi connectivity index (χ4n) is 1.72. The van der Waals surface area contributed by atoms with Crippen LogP contribution in [0.15, 0.2) is 6.20 Å². The Morgan fingerprint density at radius 3 is 2.67 bits per heavy atom. The second kappa shape index (κ2) is 8.94. The highest BCUT2D eigenvalue weighted by Gasteiger charge is 2.04. The van der Waals surface area contributed by atoms with Gasteiger partial charge in [0.25, 0.3) is 0 Å². The van der Waals surface area contributed by atoms with Crippen LogP contribution >= 0.6 is 0 Å². The Bertz CT molecular complexity index is 297. The van der Waals surface area contributed by atoms with Crippen LogP contribution < -0.4 is 5.32 Å². The molecule has 0 aliphatic heterocycles. The number of nitrogens with one attached hydrogen (secondary N) is 1. The van der Waals surface area contributed by atoms with Crippen LogP contribution in [0.25, 0.3) is 0 Å². The predicted octanol–water partition coefficient (Wildman–Crippen LogP) is 2.07. The van der Waals surface area contributed by atoms with E-state index < -0.39 is 0 Å². The first-order valence-corrected chi connectivity index (χ1v) is 6.71. The van der Waals surface area contributed by atoms with Crippen molar-refractivity contribution in [1.29, 1.82) is 0 Å². The van der Waals surface area contributed by atoms with Gasteiger partial charge in [0.05, 0.1) is 12.3 Å². The highest BCUT2D eigenvalue weighted by molar-refractivity contribution is 5.28. The van der Waals surface area contributed by atoms with Gasteiger partial charge in [-0.05, 0) is 27.2 Å². The van der Waals surface area contributed by atoms with E-state index in [1.54, 1.807) is 0 Å². The summed E-state index contributed by atoms with van der Waals surface area (Å²) in [6, 6.07) is 0. The highest BCUT2D eigenvalue weighted by Crippen LogP contribution is 2.09. The van der Waals surface area contributed by atoms with Crippen LogP contribution in [0.4, 0.5) is 5.95 Å². The summed E-state index contributed by atoms with van der Waals surface area (Å²) in [6.07, 6.45) is 3.07. The van der Waals surface area contributed by atoms with Gasteiger partial charge in [-0.2, -0.15) is 0 Å². The van der Waals surface area contributed by atoms with Crippen LogP contribution in [0.5, 0.6) is 0 Å². The van der Waals surface area contributed by atoms with E-state index in [0.29, 0.717) is 6.61 Å². The van der Waals surface area contributed by atoms with E-state index in [4.69, 9.17) is 9.47 Å². The summed E-state index contributed by atoms with van der Waals surface area (Å²) < 4.78 is 12.8. The molecule has 5 nitrogen and oxygen atoms in total. The largest absolute Gasteiger partial charge is 0.382 e. The van der Waals surface area contributed by atoms with Crippen LogP contribution in [-0.4, -0.2) is 42.5 Å². The van der Waals surface area contributed by atoms with Crippen molar-refractivity contribution in [2.45, 2.75) is 33.7 Å². The van der Waals surface area contributed by atoms with Crippen molar-refractivity contribution in [2.75, 3.05) is 38.3 Å². The molecule has 0 amide bonds. The molecular weight excluding hydrogens is 230 g/mol. The molecule has 1 rings (SSSR count). The number of imidazole rings is 1. The van der Waals surface area contributed by atoms with Gasteiger partial charge in [0.1, 0.15) is 0 Å². The van der Waals surface area contributed by atoms with Crippen molar-refractivity contribution in [2.24, 2.45) is 0 Å². The Morgan fingerprint density at radius 1 is 1.22 bits per heavy atom. The number of hydrogen-bond acceptors (Lipinski definition) is 4. The van der Waals surface area contributed by atoms with Crippen molar-refractivity contribution < 1.29 is 9.47 Å². The van der Waals surface area contributed by atoms with Gasteiger partial charge in [0.15, 0.2) is 0 Å². The zero-order valence-corrected chi connectivity index (χ0v) is 11.7. The third-order valence-corrected chi connectivity index (χ3v) is 2.52. The second-order valence-corrected chi connectivity index (χ2v) is 4.07. The topological polar surface area (TPSA) is 48.3 Å². The minimum atomic E-state index is 0.710.